The van der Waals surface area contributed by atoms with Gasteiger partial charge in [-0.1, -0.05) is 39.0 Å². The summed E-state index contributed by atoms with van der Waals surface area (Å²) in [6.45, 7) is 6.20. The maximum absolute atomic E-state index is 11.0. The van der Waals surface area contributed by atoms with Crippen LogP contribution in [-0.4, -0.2) is 11.1 Å². The number of hydrogen-bond acceptors (Lipinski definition) is 1. The Morgan fingerprint density at radius 1 is 1.36 bits per heavy atom. The normalized spacial score (nSPS) is 11.4. The van der Waals surface area contributed by atoms with Crippen LogP contribution in [-0.2, 0) is 5.41 Å². The summed E-state index contributed by atoms with van der Waals surface area (Å²) < 4.78 is 0. The van der Waals surface area contributed by atoms with Crippen LogP contribution in [0.5, 0.6) is 0 Å². The third-order valence-corrected chi connectivity index (χ3v) is 2.77. The van der Waals surface area contributed by atoms with Gasteiger partial charge in [0.25, 0.3) is 0 Å². The molecule has 2 heteroatoms. The van der Waals surface area contributed by atoms with Crippen LogP contribution < -0.4 is 0 Å². The lowest BCUT2D eigenvalue weighted by molar-refractivity contribution is 0.0694. The van der Waals surface area contributed by atoms with Gasteiger partial charge >= 0.3 is 5.97 Å². The molecule has 1 aromatic rings. The fourth-order valence-corrected chi connectivity index (χ4v) is 1.45. The maximum atomic E-state index is 11.0. The Bertz CT molecular complexity index is 340. The van der Waals surface area contributed by atoms with Crippen LogP contribution in [0, 0.1) is 0 Å². The van der Waals surface area contributed by atoms with Gasteiger partial charge in [-0.2, -0.15) is 0 Å². The van der Waals surface area contributed by atoms with E-state index in [1.165, 1.54) is 0 Å². The van der Waals surface area contributed by atoms with E-state index in [4.69, 9.17) is 5.11 Å². The van der Waals surface area contributed by atoms with Crippen molar-refractivity contribution >= 4 is 5.97 Å². The number of carbonyl (C=O) groups is 1. The second kappa shape index (κ2) is 3.82. The Morgan fingerprint density at radius 2 is 1.93 bits per heavy atom. The Hall–Kier alpha value is -1.31. The molecule has 0 radical (unpaired) electrons. The van der Waals surface area contributed by atoms with Gasteiger partial charge in [0.1, 0.15) is 0 Å². The van der Waals surface area contributed by atoms with Gasteiger partial charge in [0.15, 0.2) is 0 Å². The van der Waals surface area contributed by atoms with E-state index in [1.54, 1.807) is 12.1 Å². The predicted octanol–water partition coefficient (Wildman–Crippen LogP) is 3.07. The van der Waals surface area contributed by atoms with Crippen molar-refractivity contribution in [2.75, 3.05) is 0 Å². The summed E-state index contributed by atoms with van der Waals surface area (Å²) in [6.07, 6.45) is 0.928. The van der Waals surface area contributed by atoms with Crippen LogP contribution in [0.3, 0.4) is 0 Å². The molecule has 1 N–H and O–H groups in total. The summed E-state index contributed by atoms with van der Waals surface area (Å²) >= 11 is 0. The lowest BCUT2D eigenvalue weighted by Crippen LogP contribution is -2.19. The largest absolute Gasteiger partial charge is 0.478 e. The molecule has 0 fully saturated rings. The second-order valence-electron chi connectivity index (χ2n) is 4.09. The molecule has 0 unspecified atom stereocenters. The molecule has 0 saturated carbocycles. The average molecular weight is 192 g/mol. The first-order valence-corrected chi connectivity index (χ1v) is 4.82. The molecule has 0 spiro atoms. The SMILES string of the molecule is CCC(C)(C)c1ccccc1C(=O)O. The van der Waals surface area contributed by atoms with Crippen LogP contribution in [0.1, 0.15) is 43.1 Å². The Kier molecular flexibility index (Phi) is 2.94. The topological polar surface area (TPSA) is 37.3 Å². The number of hydrogen-bond donors (Lipinski definition) is 1. The van der Waals surface area contributed by atoms with E-state index < -0.39 is 5.97 Å². The minimum atomic E-state index is -0.845. The molecule has 0 aliphatic carbocycles. The number of rotatable bonds is 3. The van der Waals surface area contributed by atoms with Gasteiger partial charge in [0.05, 0.1) is 5.56 Å². The summed E-state index contributed by atoms with van der Waals surface area (Å²) in [5.41, 5.74) is 1.25. The first-order chi connectivity index (χ1) is 6.49. The van der Waals surface area contributed by atoms with E-state index in [2.05, 4.69) is 20.8 Å². The minimum absolute atomic E-state index is 0.0744. The third-order valence-electron chi connectivity index (χ3n) is 2.77. The summed E-state index contributed by atoms with van der Waals surface area (Å²) in [5, 5.41) is 9.02. The van der Waals surface area contributed by atoms with Crippen molar-refractivity contribution in [3.05, 3.63) is 35.4 Å². The molecule has 0 bridgehead atoms. The average Bonchev–Trinajstić information content (AvgIpc) is 2.18. The van der Waals surface area contributed by atoms with Gasteiger partial charge in [-0.05, 0) is 23.5 Å². The number of carboxylic acids is 1. The molecule has 1 aromatic carbocycles. The van der Waals surface area contributed by atoms with Crippen molar-refractivity contribution in [1.29, 1.82) is 0 Å². The summed E-state index contributed by atoms with van der Waals surface area (Å²) in [5.74, 6) is -0.845. The molecule has 0 aliphatic heterocycles. The fourth-order valence-electron chi connectivity index (χ4n) is 1.45. The Morgan fingerprint density at radius 3 is 2.43 bits per heavy atom. The van der Waals surface area contributed by atoms with E-state index in [1.807, 2.05) is 12.1 Å². The smallest absolute Gasteiger partial charge is 0.335 e. The number of benzene rings is 1. The first kappa shape index (κ1) is 10.8. The van der Waals surface area contributed by atoms with Crippen LogP contribution in [0.25, 0.3) is 0 Å². The first-order valence-electron chi connectivity index (χ1n) is 4.82. The molecule has 0 amide bonds. The van der Waals surface area contributed by atoms with E-state index in [-0.39, 0.29) is 5.41 Å². The van der Waals surface area contributed by atoms with E-state index >= 15 is 0 Å². The molecule has 0 aromatic heterocycles. The summed E-state index contributed by atoms with van der Waals surface area (Å²) in [4.78, 5) is 11.0. The van der Waals surface area contributed by atoms with Crippen molar-refractivity contribution in [1.82, 2.24) is 0 Å². The number of carboxylic acid groups (broad SMARTS) is 1. The van der Waals surface area contributed by atoms with Crippen LogP contribution in [0.4, 0.5) is 0 Å². The fraction of sp³-hybridized carbons (Fsp3) is 0.417. The molecular weight excluding hydrogens is 176 g/mol. The van der Waals surface area contributed by atoms with Gasteiger partial charge in [-0.25, -0.2) is 4.79 Å². The van der Waals surface area contributed by atoms with Crippen molar-refractivity contribution in [3.8, 4) is 0 Å². The lowest BCUT2D eigenvalue weighted by Gasteiger charge is -2.24. The van der Waals surface area contributed by atoms with E-state index in [0.29, 0.717) is 5.56 Å². The summed E-state index contributed by atoms with van der Waals surface area (Å²) in [6, 6.07) is 7.21. The Labute approximate surface area is 84.6 Å². The monoisotopic (exact) mass is 192 g/mol. The zero-order valence-corrected chi connectivity index (χ0v) is 8.87. The molecular formula is C12H16O2. The minimum Gasteiger partial charge on any atom is -0.478 e. The van der Waals surface area contributed by atoms with Crippen molar-refractivity contribution < 1.29 is 9.90 Å². The van der Waals surface area contributed by atoms with Crippen LogP contribution >= 0.6 is 0 Å². The molecule has 76 valence electrons. The zero-order valence-electron chi connectivity index (χ0n) is 8.87. The highest BCUT2D eigenvalue weighted by molar-refractivity contribution is 5.89. The molecule has 0 atom stereocenters. The second-order valence-corrected chi connectivity index (χ2v) is 4.09. The van der Waals surface area contributed by atoms with Gasteiger partial charge < -0.3 is 5.11 Å². The maximum Gasteiger partial charge on any atom is 0.335 e. The molecule has 14 heavy (non-hydrogen) atoms. The lowest BCUT2D eigenvalue weighted by atomic mass is 9.80. The van der Waals surface area contributed by atoms with E-state index in [9.17, 15) is 4.79 Å². The standard InChI is InChI=1S/C12H16O2/c1-4-12(2,3)10-8-6-5-7-9(10)11(13)14/h5-8H,4H2,1-3H3,(H,13,14). The molecule has 0 saturated heterocycles. The van der Waals surface area contributed by atoms with Crippen molar-refractivity contribution in [2.24, 2.45) is 0 Å². The molecule has 1 rings (SSSR count). The number of aromatic carboxylic acids is 1. The Balaban J connectivity index is 3.27. The van der Waals surface area contributed by atoms with Gasteiger partial charge in [-0.3, -0.25) is 0 Å². The van der Waals surface area contributed by atoms with Gasteiger partial charge in [-0.15, -0.1) is 0 Å². The molecule has 2 nitrogen and oxygen atoms in total. The highest BCUT2D eigenvalue weighted by Crippen LogP contribution is 2.29. The highest BCUT2D eigenvalue weighted by atomic mass is 16.4. The van der Waals surface area contributed by atoms with Gasteiger partial charge in [0.2, 0.25) is 0 Å². The molecule has 0 aliphatic rings. The van der Waals surface area contributed by atoms with Crippen LogP contribution in [0.15, 0.2) is 24.3 Å². The van der Waals surface area contributed by atoms with Gasteiger partial charge in [0, 0.05) is 0 Å². The third kappa shape index (κ3) is 1.95. The van der Waals surface area contributed by atoms with E-state index in [0.717, 1.165) is 12.0 Å². The van der Waals surface area contributed by atoms with Crippen molar-refractivity contribution in [2.45, 2.75) is 32.6 Å². The molecule has 0 heterocycles. The predicted molar refractivity (Wildman–Crippen MR) is 56.7 cm³/mol. The van der Waals surface area contributed by atoms with Crippen LogP contribution in [0.2, 0.25) is 0 Å². The quantitative estimate of drug-likeness (QED) is 0.799. The summed E-state index contributed by atoms with van der Waals surface area (Å²) in [7, 11) is 0. The zero-order chi connectivity index (χ0) is 10.8. The van der Waals surface area contributed by atoms with Crippen molar-refractivity contribution in [3.63, 3.8) is 0 Å². The highest BCUT2D eigenvalue weighted by Gasteiger charge is 2.23.